The summed E-state index contributed by atoms with van der Waals surface area (Å²) in [6.07, 6.45) is 0. The van der Waals surface area contributed by atoms with Crippen LogP contribution in [0.25, 0.3) is 11.1 Å². The Kier molecular flexibility index (Phi) is 2.60. The number of halogens is 1. The highest BCUT2D eigenvalue weighted by atomic mass is 35.5. The molecule has 2 aliphatic rings. The van der Waals surface area contributed by atoms with Gasteiger partial charge in [0.1, 0.15) is 0 Å². The van der Waals surface area contributed by atoms with Crippen molar-refractivity contribution in [3.63, 3.8) is 0 Å². The first kappa shape index (κ1) is 9.99. The van der Waals surface area contributed by atoms with Crippen LogP contribution in [-0.2, 0) is 4.74 Å². The zero-order valence-electron chi connectivity index (χ0n) is 8.16. The highest BCUT2D eigenvalue weighted by Gasteiger charge is 2.20. The van der Waals surface area contributed by atoms with Crippen LogP contribution in [0.1, 0.15) is 10.4 Å². The van der Waals surface area contributed by atoms with Crippen LogP contribution in [-0.4, -0.2) is 13.1 Å². The van der Waals surface area contributed by atoms with Crippen LogP contribution in [0.2, 0.25) is 5.02 Å². The predicted octanol–water partition coefficient (Wildman–Crippen LogP) is 3.23. The fraction of sp³-hybridized carbons (Fsp3) is 0.0833. The number of hydrogen-bond donors (Lipinski definition) is 0. The molecule has 0 bridgehead atoms. The van der Waals surface area contributed by atoms with E-state index in [1.807, 2.05) is 30.3 Å². The number of carbonyl (C=O) groups excluding carboxylic acids is 1. The van der Waals surface area contributed by atoms with Gasteiger partial charge in [-0.3, -0.25) is 0 Å². The van der Waals surface area contributed by atoms with E-state index in [0.717, 1.165) is 11.1 Å². The van der Waals surface area contributed by atoms with E-state index < -0.39 is 5.97 Å². The Morgan fingerprint density at radius 2 is 2.00 bits per heavy atom. The Balaban J connectivity index is 2.68. The number of hydrogen-bond acceptors (Lipinski definition) is 2. The molecule has 76 valence electrons. The Hall–Kier alpha value is -1.54. The lowest BCUT2D eigenvalue weighted by molar-refractivity contribution is 0.0602. The Morgan fingerprint density at radius 3 is 2.73 bits per heavy atom. The van der Waals surface area contributed by atoms with Crippen molar-refractivity contribution in [2.45, 2.75) is 0 Å². The van der Waals surface area contributed by atoms with Crippen molar-refractivity contribution in [3.8, 4) is 11.1 Å². The van der Waals surface area contributed by atoms with Gasteiger partial charge in [0.25, 0.3) is 0 Å². The van der Waals surface area contributed by atoms with Gasteiger partial charge in [-0.25, -0.2) is 4.79 Å². The smallest absolute Gasteiger partial charge is 0.340 e. The molecule has 0 saturated carbocycles. The summed E-state index contributed by atoms with van der Waals surface area (Å²) in [7, 11) is 1.35. The number of ether oxygens (including phenoxy) is 1. The molecule has 0 heterocycles. The molecule has 0 saturated heterocycles. The zero-order chi connectivity index (χ0) is 10.8. The molecule has 0 aromatic carbocycles. The van der Waals surface area contributed by atoms with Crippen molar-refractivity contribution >= 4 is 17.6 Å². The number of rotatable bonds is 1. The predicted molar refractivity (Wildman–Crippen MR) is 59.4 cm³/mol. The van der Waals surface area contributed by atoms with Crippen molar-refractivity contribution < 1.29 is 9.53 Å². The maximum absolute atomic E-state index is 11.5. The van der Waals surface area contributed by atoms with Crippen LogP contribution < -0.4 is 0 Å². The molecule has 2 aliphatic carbocycles. The third kappa shape index (κ3) is 1.68. The molecule has 0 fully saturated rings. The van der Waals surface area contributed by atoms with Gasteiger partial charge in [0.05, 0.1) is 17.7 Å². The fourth-order valence-electron chi connectivity index (χ4n) is 1.56. The largest absolute Gasteiger partial charge is 0.465 e. The van der Waals surface area contributed by atoms with E-state index in [0.29, 0.717) is 10.6 Å². The van der Waals surface area contributed by atoms with Gasteiger partial charge in [-0.15, -0.1) is 0 Å². The molecule has 0 aromatic heterocycles. The van der Waals surface area contributed by atoms with Gasteiger partial charge in [-0.1, -0.05) is 41.9 Å². The van der Waals surface area contributed by atoms with E-state index in [1.54, 1.807) is 6.07 Å². The molecule has 3 heteroatoms. The SMILES string of the molecule is COC(=O)c1c(Cl)cc2cccccc1-2. The summed E-state index contributed by atoms with van der Waals surface area (Å²) >= 11 is 5.98. The number of carbonyl (C=O) groups is 1. The van der Waals surface area contributed by atoms with Crippen LogP contribution in [0, 0.1) is 0 Å². The lowest BCUT2D eigenvalue weighted by Crippen LogP contribution is -2.00. The number of fused-ring (bicyclic) bond motifs is 1. The van der Waals surface area contributed by atoms with Gasteiger partial charge < -0.3 is 4.74 Å². The Bertz CT molecular complexity index is 479. The van der Waals surface area contributed by atoms with Crippen LogP contribution >= 0.6 is 11.6 Å². The molecule has 0 aromatic rings. The fourth-order valence-corrected chi connectivity index (χ4v) is 1.86. The summed E-state index contributed by atoms with van der Waals surface area (Å²) in [4.78, 5) is 11.5. The minimum atomic E-state index is -0.402. The van der Waals surface area contributed by atoms with E-state index in [-0.39, 0.29) is 0 Å². The first-order valence-corrected chi connectivity index (χ1v) is 4.87. The molecule has 15 heavy (non-hydrogen) atoms. The first-order valence-electron chi connectivity index (χ1n) is 4.49. The van der Waals surface area contributed by atoms with Crippen LogP contribution in [0.15, 0.2) is 36.4 Å². The molecular weight excluding hydrogens is 212 g/mol. The number of esters is 1. The molecule has 0 unspecified atom stereocenters. The molecule has 0 spiro atoms. The monoisotopic (exact) mass is 220 g/mol. The van der Waals surface area contributed by atoms with Crippen molar-refractivity contribution in [1.29, 1.82) is 0 Å². The van der Waals surface area contributed by atoms with Crippen molar-refractivity contribution in [1.82, 2.24) is 0 Å². The molecule has 0 aliphatic heterocycles. The maximum Gasteiger partial charge on any atom is 0.340 e. The van der Waals surface area contributed by atoms with E-state index in [4.69, 9.17) is 16.3 Å². The summed E-state index contributed by atoms with van der Waals surface area (Å²) in [5, 5.41) is 0.433. The van der Waals surface area contributed by atoms with Gasteiger partial charge in [0, 0.05) is 0 Å². The van der Waals surface area contributed by atoms with Crippen LogP contribution in [0.4, 0.5) is 0 Å². The number of methoxy groups -OCH3 is 1. The highest BCUT2D eigenvalue weighted by molar-refractivity contribution is 6.35. The van der Waals surface area contributed by atoms with Crippen molar-refractivity contribution in [2.75, 3.05) is 7.11 Å². The average molecular weight is 221 g/mol. The summed E-state index contributed by atoms with van der Waals surface area (Å²) in [5.74, 6) is -0.402. The topological polar surface area (TPSA) is 26.3 Å². The second kappa shape index (κ2) is 3.91. The van der Waals surface area contributed by atoms with Crippen molar-refractivity contribution in [2.24, 2.45) is 0 Å². The zero-order valence-corrected chi connectivity index (χ0v) is 8.91. The van der Waals surface area contributed by atoms with Gasteiger partial charge in [0.2, 0.25) is 0 Å². The van der Waals surface area contributed by atoms with Crippen molar-refractivity contribution in [3.05, 3.63) is 47.0 Å². The Labute approximate surface area is 92.8 Å². The third-order valence-corrected chi connectivity index (χ3v) is 2.55. The van der Waals surface area contributed by atoms with E-state index in [9.17, 15) is 4.79 Å². The second-order valence-corrected chi connectivity index (χ2v) is 3.55. The van der Waals surface area contributed by atoms with Crippen LogP contribution in [0.3, 0.4) is 0 Å². The molecule has 0 radical (unpaired) electrons. The Morgan fingerprint density at radius 1 is 1.27 bits per heavy atom. The van der Waals surface area contributed by atoms with E-state index in [2.05, 4.69) is 0 Å². The molecule has 2 rings (SSSR count). The normalized spacial score (nSPS) is 10.3. The standard InChI is InChI=1S/C12H9ClO2/c1-15-12(14)11-9-6-4-2-3-5-8(9)7-10(11)13/h2-7H,1H3. The summed E-state index contributed by atoms with van der Waals surface area (Å²) in [6, 6.07) is 11.2. The minimum Gasteiger partial charge on any atom is -0.465 e. The second-order valence-electron chi connectivity index (χ2n) is 3.14. The lowest BCUT2D eigenvalue weighted by atomic mass is 10.1. The molecule has 0 amide bonds. The van der Waals surface area contributed by atoms with E-state index >= 15 is 0 Å². The third-order valence-electron chi connectivity index (χ3n) is 2.25. The molecule has 0 N–H and O–H groups in total. The quantitative estimate of drug-likeness (QED) is 0.690. The molecule has 2 nitrogen and oxygen atoms in total. The van der Waals surface area contributed by atoms with E-state index in [1.165, 1.54) is 7.11 Å². The maximum atomic E-state index is 11.5. The lowest BCUT2D eigenvalue weighted by Gasteiger charge is -1.99. The van der Waals surface area contributed by atoms with Gasteiger partial charge in [0.15, 0.2) is 0 Å². The summed E-state index contributed by atoms with van der Waals surface area (Å²) < 4.78 is 4.69. The van der Waals surface area contributed by atoms with Crippen LogP contribution in [0.5, 0.6) is 0 Å². The average Bonchev–Trinajstić information content (AvgIpc) is 2.40. The van der Waals surface area contributed by atoms with Gasteiger partial charge >= 0.3 is 5.97 Å². The molecule has 0 atom stereocenters. The van der Waals surface area contributed by atoms with Gasteiger partial charge in [-0.05, 0) is 17.2 Å². The van der Waals surface area contributed by atoms with Gasteiger partial charge in [-0.2, -0.15) is 0 Å². The first-order chi connectivity index (χ1) is 7.24. The molecular formula is C12H9ClO2. The minimum absolute atomic E-state index is 0.402. The summed E-state index contributed by atoms with van der Waals surface area (Å²) in [6.45, 7) is 0. The summed E-state index contributed by atoms with van der Waals surface area (Å²) in [5.41, 5.74) is 2.19. The highest BCUT2D eigenvalue weighted by Crippen LogP contribution is 2.34.